The van der Waals surface area contributed by atoms with Gasteiger partial charge in [-0.2, -0.15) is 0 Å². The second-order valence-corrected chi connectivity index (χ2v) is 6.12. The molecular weight excluding hydrogens is 282 g/mol. The summed E-state index contributed by atoms with van der Waals surface area (Å²) in [6, 6.07) is 1.13. The Balaban J connectivity index is 2.83. The lowest BCUT2D eigenvalue weighted by atomic mass is 9.82. The van der Waals surface area contributed by atoms with Crippen LogP contribution < -0.4 is 5.32 Å². The van der Waals surface area contributed by atoms with Gasteiger partial charge in [0.2, 0.25) is 0 Å². The van der Waals surface area contributed by atoms with Gasteiger partial charge in [-0.05, 0) is 11.3 Å². The van der Waals surface area contributed by atoms with Crippen LogP contribution in [0.5, 0.6) is 0 Å². The summed E-state index contributed by atoms with van der Waals surface area (Å²) in [6.07, 6.45) is 1.02. The van der Waals surface area contributed by atoms with Crippen LogP contribution in [-0.4, -0.2) is 22.4 Å². The number of nitrogens with one attached hydrogen (secondary N) is 1. The first-order chi connectivity index (χ1) is 9.12. The Morgan fingerprint density at radius 3 is 2.65 bits per heavy atom. The molecule has 0 bridgehead atoms. The number of pyridine rings is 1. The standard InChI is InChI=1S/C13H18ClN3O3/c1-8(13(2,3)4)6-16-12(18)10-5-9(17(19)20)7-15-11(10)14/h5,7-8H,6H2,1-4H3,(H,16,18). The molecule has 0 radical (unpaired) electrons. The number of nitro groups is 1. The van der Waals surface area contributed by atoms with Crippen LogP contribution in [0.15, 0.2) is 12.3 Å². The summed E-state index contributed by atoms with van der Waals surface area (Å²) in [5.41, 5.74) is -0.191. The fourth-order valence-electron chi connectivity index (χ4n) is 1.34. The predicted molar refractivity (Wildman–Crippen MR) is 76.9 cm³/mol. The van der Waals surface area contributed by atoms with Gasteiger partial charge in [0.1, 0.15) is 11.3 Å². The van der Waals surface area contributed by atoms with Crippen molar-refractivity contribution < 1.29 is 9.72 Å². The van der Waals surface area contributed by atoms with E-state index in [0.29, 0.717) is 6.54 Å². The molecule has 1 rings (SSSR count). The number of hydrogen-bond acceptors (Lipinski definition) is 4. The van der Waals surface area contributed by atoms with E-state index in [1.807, 2.05) is 6.92 Å². The van der Waals surface area contributed by atoms with Gasteiger partial charge in [0.15, 0.2) is 0 Å². The van der Waals surface area contributed by atoms with Crippen molar-refractivity contribution in [2.75, 3.05) is 6.54 Å². The summed E-state index contributed by atoms with van der Waals surface area (Å²) in [5.74, 6) is -0.209. The molecule has 0 aromatic carbocycles. The third-order valence-electron chi connectivity index (χ3n) is 3.33. The first kappa shape index (κ1) is 16.4. The molecule has 0 aliphatic heterocycles. The smallest absolute Gasteiger partial charge is 0.288 e. The Kier molecular flexibility index (Phi) is 5.05. The Labute approximate surface area is 122 Å². The number of carbonyl (C=O) groups is 1. The molecule has 1 amide bonds. The second-order valence-electron chi connectivity index (χ2n) is 5.77. The number of rotatable bonds is 4. The SMILES string of the molecule is CC(CNC(=O)c1cc([N+](=O)[O-])cnc1Cl)C(C)(C)C. The topological polar surface area (TPSA) is 85.1 Å². The molecule has 0 aliphatic rings. The minimum Gasteiger partial charge on any atom is -0.352 e. The molecule has 6 nitrogen and oxygen atoms in total. The van der Waals surface area contributed by atoms with Crippen molar-refractivity contribution in [3.05, 3.63) is 33.1 Å². The monoisotopic (exact) mass is 299 g/mol. The van der Waals surface area contributed by atoms with E-state index in [9.17, 15) is 14.9 Å². The van der Waals surface area contributed by atoms with Gasteiger partial charge in [0, 0.05) is 12.6 Å². The normalized spacial score (nSPS) is 12.8. The van der Waals surface area contributed by atoms with E-state index in [0.717, 1.165) is 12.3 Å². The summed E-state index contributed by atoms with van der Waals surface area (Å²) >= 11 is 5.81. The molecule has 0 spiro atoms. The lowest BCUT2D eigenvalue weighted by molar-refractivity contribution is -0.385. The molecule has 1 aromatic rings. The molecule has 1 N–H and O–H groups in total. The second kappa shape index (κ2) is 6.17. The predicted octanol–water partition coefficient (Wildman–Crippen LogP) is 3.06. The van der Waals surface area contributed by atoms with Crippen LogP contribution in [-0.2, 0) is 0 Å². The van der Waals surface area contributed by atoms with E-state index in [-0.39, 0.29) is 27.7 Å². The molecule has 7 heteroatoms. The summed E-state index contributed by atoms with van der Waals surface area (Å²) in [4.78, 5) is 25.7. The maximum absolute atomic E-state index is 12.0. The van der Waals surface area contributed by atoms with Gasteiger partial charge in [-0.1, -0.05) is 39.3 Å². The average Bonchev–Trinajstić information content (AvgIpc) is 2.34. The lowest BCUT2D eigenvalue weighted by Gasteiger charge is -2.27. The zero-order valence-corrected chi connectivity index (χ0v) is 12.7. The van der Waals surface area contributed by atoms with Crippen LogP contribution in [0.2, 0.25) is 5.15 Å². The molecule has 1 aromatic heterocycles. The van der Waals surface area contributed by atoms with Crippen LogP contribution in [0.1, 0.15) is 38.1 Å². The number of halogens is 1. The van der Waals surface area contributed by atoms with Gasteiger partial charge >= 0.3 is 0 Å². The number of amides is 1. The van der Waals surface area contributed by atoms with Gasteiger partial charge < -0.3 is 5.32 Å². The summed E-state index contributed by atoms with van der Waals surface area (Å²) in [6.45, 7) is 8.71. The minimum atomic E-state index is -0.613. The fraction of sp³-hybridized carbons (Fsp3) is 0.538. The third-order valence-corrected chi connectivity index (χ3v) is 3.63. The van der Waals surface area contributed by atoms with Gasteiger partial charge in [-0.15, -0.1) is 0 Å². The van der Waals surface area contributed by atoms with Crippen molar-refractivity contribution in [2.45, 2.75) is 27.7 Å². The van der Waals surface area contributed by atoms with Gasteiger partial charge in [0.05, 0.1) is 10.5 Å². The molecule has 0 saturated carbocycles. The molecule has 0 fully saturated rings. The van der Waals surface area contributed by atoms with E-state index in [4.69, 9.17) is 11.6 Å². The van der Waals surface area contributed by atoms with Crippen molar-refractivity contribution in [1.29, 1.82) is 0 Å². The maximum atomic E-state index is 12.0. The highest BCUT2D eigenvalue weighted by molar-refractivity contribution is 6.32. The van der Waals surface area contributed by atoms with Gasteiger partial charge in [-0.3, -0.25) is 14.9 Å². The molecule has 0 saturated heterocycles. The van der Waals surface area contributed by atoms with E-state index < -0.39 is 10.8 Å². The Hall–Kier alpha value is -1.69. The van der Waals surface area contributed by atoms with Crippen LogP contribution >= 0.6 is 11.6 Å². The van der Waals surface area contributed by atoms with Crippen LogP contribution in [0, 0.1) is 21.4 Å². The number of aromatic nitrogens is 1. The third kappa shape index (κ3) is 4.16. The van der Waals surface area contributed by atoms with E-state index >= 15 is 0 Å². The van der Waals surface area contributed by atoms with Gasteiger partial charge in [-0.25, -0.2) is 4.98 Å². The number of hydrogen-bond donors (Lipinski definition) is 1. The largest absolute Gasteiger partial charge is 0.352 e. The molecule has 20 heavy (non-hydrogen) atoms. The van der Waals surface area contributed by atoms with Crippen molar-refractivity contribution >= 4 is 23.2 Å². The van der Waals surface area contributed by atoms with E-state index in [1.54, 1.807) is 0 Å². The van der Waals surface area contributed by atoms with E-state index in [1.165, 1.54) is 0 Å². The van der Waals surface area contributed by atoms with Crippen LogP contribution in [0.25, 0.3) is 0 Å². The lowest BCUT2D eigenvalue weighted by Crippen LogP contribution is -2.33. The van der Waals surface area contributed by atoms with Crippen LogP contribution in [0.4, 0.5) is 5.69 Å². The Bertz CT molecular complexity index is 526. The quantitative estimate of drug-likeness (QED) is 0.526. The molecule has 1 heterocycles. The van der Waals surface area contributed by atoms with Crippen LogP contribution in [0.3, 0.4) is 0 Å². The number of nitrogens with zero attached hydrogens (tertiary/aromatic N) is 2. The fourth-order valence-corrected chi connectivity index (χ4v) is 1.53. The zero-order chi connectivity index (χ0) is 15.5. The molecule has 110 valence electrons. The number of carbonyl (C=O) groups excluding carboxylic acids is 1. The molecule has 0 aliphatic carbocycles. The molecule has 1 unspecified atom stereocenters. The van der Waals surface area contributed by atoms with E-state index in [2.05, 4.69) is 31.1 Å². The maximum Gasteiger partial charge on any atom is 0.288 e. The first-order valence-corrected chi connectivity index (χ1v) is 6.59. The minimum absolute atomic E-state index is 0.0157. The zero-order valence-electron chi connectivity index (χ0n) is 11.9. The van der Waals surface area contributed by atoms with Crippen molar-refractivity contribution in [1.82, 2.24) is 10.3 Å². The Morgan fingerprint density at radius 2 is 2.15 bits per heavy atom. The summed E-state index contributed by atoms with van der Waals surface area (Å²) < 4.78 is 0. The highest BCUT2D eigenvalue weighted by Crippen LogP contribution is 2.25. The summed E-state index contributed by atoms with van der Waals surface area (Å²) in [5, 5.41) is 13.4. The summed E-state index contributed by atoms with van der Waals surface area (Å²) in [7, 11) is 0. The first-order valence-electron chi connectivity index (χ1n) is 6.21. The Morgan fingerprint density at radius 1 is 1.55 bits per heavy atom. The molecular formula is C13H18ClN3O3. The highest BCUT2D eigenvalue weighted by Gasteiger charge is 2.22. The van der Waals surface area contributed by atoms with Crippen molar-refractivity contribution in [3.8, 4) is 0 Å². The molecule has 1 atom stereocenters. The average molecular weight is 300 g/mol. The van der Waals surface area contributed by atoms with Crippen molar-refractivity contribution in [3.63, 3.8) is 0 Å². The van der Waals surface area contributed by atoms with Gasteiger partial charge in [0.25, 0.3) is 11.6 Å². The van der Waals surface area contributed by atoms with Crippen molar-refractivity contribution in [2.24, 2.45) is 11.3 Å². The highest BCUT2D eigenvalue weighted by atomic mass is 35.5.